The fourth-order valence-corrected chi connectivity index (χ4v) is 1.36. The van der Waals surface area contributed by atoms with Crippen molar-refractivity contribution >= 4 is 0 Å². The summed E-state index contributed by atoms with van der Waals surface area (Å²) in [7, 11) is 0. The van der Waals surface area contributed by atoms with E-state index in [2.05, 4.69) is 4.98 Å². The highest BCUT2D eigenvalue weighted by Gasteiger charge is 2.08. The van der Waals surface area contributed by atoms with Crippen molar-refractivity contribution < 1.29 is 4.39 Å². The molecule has 15 heavy (non-hydrogen) atoms. The van der Waals surface area contributed by atoms with E-state index < -0.39 is 5.82 Å². The molecule has 0 aliphatic rings. The van der Waals surface area contributed by atoms with Gasteiger partial charge in [-0.1, -0.05) is 18.2 Å². The number of benzene rings is 1. The van der Waals surface area contributed by atoms with Crippen molar-refractivity contribution in [1.29, 1.82) is 5.26 Å². The van der Waals surface area contributed by atoms with E-state index in [0.29, 0.717) is 11.1 Å². The van der Waals surface area contributed by atoms with Crippen LogP contribution in [0.15, 0.2) is 42.7 Å². The van der Waals surface area contributed by atoms with Gasteiger partial charge in [0.15, 0.2) is 0 Å². The Morgan fingerprint density at radius 1 is 1.20 bits per heavy atom. The van der Waals surface area contributed by atoms with Crippen molar-refractivity contribution in [1.82, 2.24) is 4.98 Å². The zero-order valence-corrected chi connectivity index (χ0v) is 7.81. The van der Waals surface area contributed by atoms with Gasteiger partial charge in [-0.15, -0.1) is 0 Å². The van der Waals surface area contributed by atoms with E-state index >= 15 is 0 Å². The lowest BCUT2D eigenvalue weighted by atomic mass is 10.0. The fourth-order valence-electron chi connectivity index (χ4n) is 1.36. The number of hydrogen-bond donors (Lipinski definition) is 0. The monoisotopic (exact) mass is 198 g/mol. The Morgan fingerprint density at radius 2 is 2.07 bits per heavy atom. The summed E-state index contributed by atoms with van der Waals surface area (Å²) in [4.78, 5) is 3.91. The summed E-state index contributed by atoms with van der Waals surface area (Å²) >= 11 is 0. The molecule has 1 aromatic carbocycles. The van der Waals surface area contributed by atoms with Crippen LogP contribution in [-0.2, 0) is 0 Å². The van der Waals surface area contributed by atoms with Crippen LogP contribution in [0.3, 0.4) is 0 Å². The van der Waals surface area contributed by atoms with E-state index in [9.17, 15) is 4.39 Å². The third kappa shape index (κ3) is 1.70. The van der Waals surface area contributed by atoms with Gasteiger partial charge in [0.2, 0.25) is 0 Å². The molecule has 1 heterocycles. The third-order valence-corrected chi connectivity index (χ3v) is 2.09. The van der Waals surface area contributed by atoms with Gasteiger partial charge >= 0.3 is 0 Å². The molecule has 2 aromatic rings. The van der Waals surface area contributed by atoms with Gasteiger partial charge in [-0.2, -0.15) is 5.26 Å². The van der Waals surface area contributed by atoms with E-state index in [1.165, 1.54) is 6.07 Å². The highest BCUT2D eigenvalue weighted by molar-refractivity contribution is 5.65. The zero-order valence-electron chi connectivity index (χ0n) is 7.81. The third-order valence-electron chi connectivity index (χ3n) is 2.09. The maximum atomic E-state index is 13.7. The standard InChI is InChI=1S/C12H7FN2/c13-12-9(7-14)3-1-5-11(12)10-4-2-6-15-8-10/h1-6,8H. The molecule has 2 rings (SSSR count). The predicted molar refractivity (Wildman–Crippen MR) is 54.3 cm³/mol. The van der Waals surface area contributed by atoms with Crippen LogP contribution >= 0.6 is 0 Å². The topological polar surface area (TPSA) is 36.7 Å². The summed E-state index contributed by atoms with van der Waals surface area (Å²) in [6.45, 7) is 0. The van der Waals surface area contributed by atoms with Crippen LogP contribution in [-0.4, -0.2) is 4.98 Å². The molecule has 0 atom stereocenters. The number of nitriles is 1. The Morgan fingerprint density at radius 3 is 2.73 bits per heavy atom. The molecule has 0 N–H and O–H groups in total. The second-order valence-electron chi connectivity index (χ2n) is 3.02. The molecule has 0 radical (unpaired) electrons. The van der Waals surface area contributed by atoms with Gasteiger partial charge < -0.3 is 0 Å². The largest absolute Gasteiger partial charge is 0.264 e. The quantitative estimate of drug-likeness (QED) is 0.706. The van der Waals surface area contributed by atoms with Gasteiger partial charge in [0.25, 0.3) is 0 Å². The van der Waals surface area contributed by atoms with Crippen LogP contribution < -0.4 is 0 Å². The molecule has 0 aliphatic carbocycles. The van der Waals surface area contributed by atoms with Crippen LogP contribution in [0.4, 0.5) is 4.39 Å². The SMILES string of the molecule is N#Cc1cccc(-c2cccnc2)c1F. The van der Waals surface area contributed by atoms with Gasteiger partial charge in [-0.25, -0.2) is 4.39 Å². The maximum Gasteiger partial charge on any atom is 0.148 e. The molecule has 2 nitrogen and oxygen atoms in total. The van der Waals surface area contributed by atoms with Gasteiger partial charge in [0, 0.05) is 23.5 Å². The Bertz CT molecular complexity index is 515. The fraction of sp³-hybridized carbons (Fsp3) is 0. The normalized spacial score (nSPS) is 9.60. The minimum atomic E-state index is -0.493. The van der Waals surface area contributed by atoms with E-state index in [1.54, 1.807) is 36.7 Å². The summed E-state index contributed by atoms with van der Waals surface area (Å²) in [6.07, 6.45) is 3.19. The molecule has 0 saturated carbocycles. The number of aromatic nitrogens is 1. The summed E-state index contributed by atoms with van der Waals surface area (Å²) in [6, 6.07) is 10.0. The number of rotatable bonds is 1. The minimum absolute atomic E-state index is 0.0522. The highest BCUT2D eigenvalue weighted by atomic mass is 19.1. The Hall–Kier alpha value is -2.21. The maximum absolute atomic E-state index is 13.7. The molecular weight excluding hydrogens is 191 g/mol. The molecule has 0 aliphatic heterocycles. The van der Waals surface area contributed by atoms with Crippen LogP contribution in [0, 0.1) is 17.1 Å². The molecule has 0 saturated heterocycles. The van der Waals surface area contributed by atoms with E-state index in [-0.39, 0.29) is 5.56 Å². The number of nitrogens with zero attached hydrogens (tertiary/aromatic N) is 2. The first-order valence-corrected chi connectivity index (χ1v) is 4.42. The number of halogens is 1. The van der Waals surface area contributed by atoms with Gasteiger partial charge in [0.05, 0.1) is 5.56 Å². The molecule has 3 heteroatoms. The van der Waals surface area contributed by atoms with Crippen molar-refractivity contribution in [3.63, 3.8) is 0 Å². The second kappa shape index (κ2) is 3.89. The first-order chi connectivity index (χ1) is 7.33. The smallest absolute Gasteiger partial charge is 0.148 e. The number of pyridine rings is 1. The molecule has 0 fully saturated rings. The summed E-state index contributed by atoms with van der Waals surface area (Å²) in [5.41, 5.74) is 1.13. The summed E-state index contributed by atoms with van der Waals surface area (Å²) < 4.78 is 13.7. The molecular formula is C12H7FN2. The Kier molecular flexibility index (Phi) is 2.42. The number of hydrogen-bond acceptors (Lipinski definition) is 2. The van der Waals surface area contributed by atoms with Crippen molar-refractivity contribution in [2.45, 2.75) is 0 Å². The van der Waals surface area contributed by atoms with Crippen LogP contribution in [0.2, 0.25) is 0 Å². The predicted octanol–water partition coefficient (Wildman–Crippen LogP) is 2.76. The van der Waals surface area contributed by atoms with Gasteiger partial charge in [-0.3, -0.25) is 4.98 Å². The van der Waals surface area contributed by atoms with Crippen molar-refractivity contribution in [2.24, 2.45) is 0 Å². The van der Waals surface area contributed by atoms with Crippen LogP contribution in [0.5, 0.6) is 0 Å². The molecule has 72 valence electrons. The van der Waals surface area contributed by atoms with Gasteiger partial charge in [0.1, 0.15) is 11.9 Å². The van der Waals surface area contributed by atoms with Crippen LogP contribution in [0.25, 0.3) is 11.1 Å². The molecule has 1 aromatic heterocycles. The zero-order chi connectivity index (χ0) is 10.7. The highest BCUT2D eigenvalue weighted by Crippen LogP contribution is 2.23. The minimum Gasteiger partial charge on any atom is -0.264 e. The average molecular weight is 198 g/mol. The first kappa shape index (κ1) is 9.35. The lowest BCUT2D eigenvalue weighted by molar-refractivity contribution is 0.627. The van der Waals surface area contributed by atoms with Crippen molar-refractivity contribution in [3.05, 3.63) is 54.1 Å². The first-order valence-electron chi connectivity index (χ1n) is 4.42. The summed E-state index contributed by atoms with van der Waals surface area (Å²) in [5.74, 6) is -0.493. The van der Waals surface area contributed by atoms with Gasteiger partial charge in [-0.05, 0) is 12.1 Å². The van der Waals surface area contributed by atoms with E-state index in [1.807, 2.05) is 6.07 Å². The Labute approximate surface area is 86.6 Å². The Balaban J connectivity index is 2.61. The summed E-state index contributed by atoms with van der Waals surface area (Å²) in [5, 5.41) is 8.68. The van der Waals surface area contributed by atoms with E-state index in [4.69, 9.17) is 5.26 Å². The van der Waals surface area contributed by atoms with Crippen LogP contribution in [0.1, 0.15) is 5.56 Å². The lowest BCUT2D eigenvalue weighted by Gasteiger charge is -2.03. The van der Waals surface area contributed by atoms with Crippen molar-refractivity contribution in [3.8, 4) is 17.2 Å². The lowest BCUT2D eigenvalue weighted by Crippen LogP contribution is -1.89. The molecule has 0 bridgehead atoms. The van der Waals surface area contributed by atoms with E-state index in [0.717, 1.165) is 0 Å². The average Bonchev–Trinajstić information content (AvgIpc) is 2.30. The molecule has 0 amide bonds. The second-order valence-corrected chi connectivity index (χ2v) is 3.02. The van der Waals surface area contributed by atoms with Crippen molar-refractivity contribution in [2.75, 3.05) is 0 Å². The molecule has 0 spiro atoms. The molecule has 0 unspecified atom stereocenters.